The number of hydrogen-bond acceptors (Lipinski definition) is 6. The fourth-order valence-corrected chi connectivity index (χ4v) is 5.75. The van der Waals surface area contributed by atoms with Gasteiger partial charge in [-0.05, 0) is 50.6 Å². The normalized spacial score (nSPS) is 15.6. The van der Waals surface area contributed by atoms with Crippen molar-refractivity contribution in [2.75, 3.05) is 31.1 Å². The first-order chi connectivity index (χ1) is 14.4. The van der Waals surface area contributed by atoms with Gasteiger partial charge in [0, 0.05) is 42.1 Å². The maximum atomic E-state index is 13.2. The van der Waals surface area contributed by atoms with E-state index in [2.05, 4.69) is 27.9 Å². The highest BCUT2D eigenvalue weighted by Crippen LogP contribution is 2.34. The molecule has 0 saturated carbocycles. The van der Waals surface area contributed by atoms with Crippen LogP contribution in [-0.2, 0) is 11.2 Å². The third kappa shape index (κ3) is 4.44. The van der Waals surface area contributed by atoms with Crippen LogP contribution in [0.2, 0.25) is 0 Å². The van der Waals surface area contributed by atoms with Gasteiger partial charge in [-0.3, -0.25) is 4.79 Å². The van der Waals surface area contributed by atoms with Crippen molar-refractivity contribution in [3.05, 3.63) is 46.9 Å². The highest BCUT2D eigenvalue weighted by Gasteiger charge is 2.27. The van der Waals surface area contributed by atoms with Crippen LogP contribution in [-0.4, -0.2) is 52.2 Å². The van der Waals surface area contributed by atoms with Gasteiger partial charge >= 0.3 is 0 Å². The van der Waals surface area contributed by atoms with E-state index in [4.69, 9.17) is 0 Å². The Balaban J connectivity index is 1.42. The van der Waals surface area contributed by atoms with E-state index in [-0.39, 0.29) is 17.0 Å². The molecule has 4 rings (SSSR count). The molecule has 0 aliphatic carbocycles. The fraction of sp³-hybridized carbons (Fsp3) is 0.409. The molecule has 0 spiro atoms. The molecule has 1 aliphatic heterocycles. The quantitative estimate of drug-likeness (QED) is 0.427. The molecule has 1 aromatic carbocycles. The Morgan fingerprint density at radius 1 is 1.20 bits per heavy atom. The first-order valence-electron chi connectivity index (χ1n) is 10.2. The number of rotatable bonds is 5. The number of piperazine rings is 1. The number of amides is 1. The van der Waals surface area contributed by atoms with Gasteiger partial charge in [0.2, 0.25) is 5.91 Å². The lowest BCUT2D eigenvalue weighted by Crippen LogP contribution is -2.50. The van der Waals surface area contributed by atoms with Crippen LogP contribution in [0.3, 0.4) is 0 Å². The third-order valence-corrected chi connectivity index (χ3v) is 7.55. The summed E-state index contributed by atoms with van der Waals surface area (Å²) in [5.41, 5.74) is 0.994. The highest BCUT2D eigenvalue weighted by molar-refractivity contribution is 8.00. The van der Waals surface area contributed by atoms with E-state index in [1.54, 1.807) is 23.5 Å². The van der Waals surface area contributed by atoms with Crippen LogP contribution in [0.15, 0.2) is 35.4 Å². The predicted octanol–water partition coefficient (Wildman–Crippen LogP) is 4.53. The number of anilines is 1. The molecule has 0 bridgehead atoms. The molecule has 1 saturated heterocycles. The van der Waals surface area contributed by atoms with Gasteiger partial charge in [0.15, 0.2) is 0 Å². The number of thiophene rings is 1. The first-order valence-corrected chi connectivity index (χ1v) is 11.9. The van der Waals surface area contributed by atoms with Gasteiger partial charge in [-0.15, -0.1) is 11.3 Å². The monoisotopic (exact) mass is 444 g/mol. The minimum atomic E-state index is -0.232. The van der Waals surface area contributed by atoms with Crippen molar-refractivity contribution in [2.45, 2.75) is 37.5 Å². The molecular weight excluding hydrogens is 419 g/mol. The zero-order valence-corrected chi connectivity index (χ0v) is 19.0. The van der Waals surface area contributed by atoms with Gasteiger partial charge in [-0.1, -0.05) is 18.7 Å². The molecule has 1 atom stereocenters. The zero-order valence-electron chi connectivity index (χ0n) is 17.4. The van der Waals surface area contributed by atoms with Gasteiger partial charge in [0.05, 0.1) is 5.25 Å². The number of aromatic nitrogens is 2. The number of aryl methyl sites for hydroxylation is 2. The molecule has 3 heterocycles. The van der Waals surface area contributed by atoms with Gasteiger partial charge < -0.3 is 9.80 Å². The molecule has 2 aromatic heterocycles. The minimum Gasteiger partial charge on any atom is -0.368 e. The Morgan fingerprint density at radius 2 is 1.90 bits per heavy atom. The largest absolute Gasteiger partial charge is 0.368 e. The molecule has 5 nitrogen and oxygen atoms in total. The summed E-state index contributed by atoms with van der Waals surface area (Å²) in [6.07, 6.45) is 0.969. The number of carbonyl (C=O) groups excluding carboxylic acids is 1. The van der Waals surface area contributed by atoms with E-state index in [1.807, 2.05) is 18.7 Å². The summed E-state index contributed by atoms with van der Waals surface area (Å²) in [5, 5.41) is 1.72. The van der Waals surface area contributed by atoms with Crippen LogP contribution in [0.1, 0.15) is 24.5 Å². The molecule has 1 amide bonds. The van der Waals surface area contributed by atoms with Gasteiger partial charge in [-0.2, -0.15) is 0 Å². The van der Waals surface area contributed by atoms with Crippen molar-refractivity contribution < 1.29 is 9.18 Å². The van der Waals surface area contributed by atoms with Gasteiger partial charge in [0.1, 0.15) is 21.5 Å². The van der Waals surface area contributed by atoms with E-state index in [0.29, 0.717) is 13.1 Å². The number of thioether (sulfide) groups is 1. The van der Waals surface area contributed by atoms with E-state index in [9.17, 15) is 9.18 Å². The number of fused-ring (bicyclic) bond motifs is 1. The van der Waals surface area contributed by atoms with Crippen molar-refractivity contribution in [3.8, 4) is 0 Å². The molecule has 1 aliphatic rings. The average Bonchev–Trinajstić information content (AvgIpc) is 3.17. The first kappa shape index (κ1) is 21.1. The van der Waals surface area contributed by atoms with Crippen LogP contribution >= 0.6 is 23.1 Å². The second-order valence-corrected chi connectivity index (χ2v) is 9.85. The predicted molar refractivity (Wildman–Crippen MR) is 122 cm³/mol. The molecular formula is C22H25FN4OS2. The number of benzene rings is 1. The third-order valence-electron chi connectivity index (χ3n) is 5.29. The van der Waals surface area contributed by atoms with E-state index < -0.39 is 0 Å². The summed E-state index contributed by atoms with van der Waals surface area (Å²) >= 11 is 3.22. The number of carbonyl (C=O) groups is 1. The lowest BCUT2D eigenvalue weighted by atomic mass is 10.2. The molecule has 1 fully saturated rings. The Kier molecular flexibility index (Phi) is 6.24. The van der Waals surface area contributed by atoms with Crippen molar-refractivity contribution in [3.63, 3.8) is 0 Å². The van der Waals surface area contributed by atoms with E-state index in [1.165, 1.54) is 28.8 Å². The Morgan fingerprint density at radius 3 is 2.57 bits per heavy atom. The fourth-order valence-electron chi connectivity index (χ4n) is 3.62. The van der Waals surface area contributed by atoms with Crippen LogP contribution in [0.25, 0.3) is 10.2 Å². The lowest BCUT2D eigenvalue weighted by molar-refractivity contribution is -0.130. The standard InChI is InChI=1S/C22H25FN4OS2/c1-4-18-13-19-20(24-15(3)25-21(19)30-18)29-14(2)22(28)27-11-9-26(10-12-27)17-7-5-16(23)6-8-17/h5-8,13-14H,4,9-12H2,1-3H3. The van der Waals surface area contributed by atoms with Crippen molar-refractivity contribution >= 4 is 44.9 Å². The summed E-state index contributed by atoms with van der Waals surface area (Å²) in [7, 11) is 0. The highest BCUT2D eigenvalue weighted by atomic mass is 32.2. The average molecular weight is 445 g/mol. The second kappa shape index (κ2) is 8.89. The topological polar surface area (TPSA) is 49.3 Å². The lowest BCUT2D eigenvalue weighted by Gasteiger charge is -2.37. The van der Waals surface area contributed by atoms with Crippen LogP contribution in [0.5, 0.6) is 0 Å². The summed E-state index contributed by atoms with van der Waals surface area (Å²) in [5.74, 6) is 0.639. The summed E-state index contributed by atoms with van der Waals surface area (Å²) in [6.45, 7) is 8.81. The molecule has 158 valence electrons. The van der Waals surface area contributed by atoms with Crippen molar-refractivity contribution in [2.24, 2.45) is 0 Å². The Bertz CT molecular complexity index is 1050. The smallest absolute Gasteiger partial charge is 0.235 e. The molecule has 0 radical (unpaired) electrons. The van der Waals surface area contributed by atoms with Crippen LogP contribution in [0, 0.1) is 12.7 Å². The summed E-state index contributed by atoms with van der Waals surface area (Å²) in [6, 6.07) is 8.69. The second-order valence-electron chi connectivity index (χ2n) is 7.41. The maximum Gasteiger partial charge on any atom is 0.235 e. The van der Waals surface area contributed by atoms with Gasteiger partial charge in [-0.25, -0.2) is 14.4 Å². The Hall–Kier alpha value is -2.19. The van der Waals surface area contributed by atoms with Crippen LogP contribution in [0.4, 0.5) is 10.1 Å². The Labute approximate surface area is 184 Å². The SMILES string of the molecule is CCc1cc2c(SC(C)C(=O)N3CCN(c4ccc(F)cc4)CC3)nc(C)nc2s1. The van der Waals surface area contributed by atoms with Crippen molar-refractivity contribution in [1.82, 2.24) is 14.9 Å². The van der Waals surface area contributed by atoms with E-state index in [0.717, 1.165) is 46.3 Å². The van der Waals surface area contributed by atoms with Gasteiger partial charge in [0.25, 0.3) is 0 Å². The number of nitrogens with zero attached hydrogens (tertiary/aromatic N) is 4. The number of halogens is 1. The molecule has 8 heteroatoms. The van der Waals surface area contributed by atoms with Crippen LogP contribution < -0.4 is 4.90 Å². The molecule has 30 heavy (non-hydrogen) atoms. The maximum absolute atomic E-state index is 13.2. The molecule has 1 unspecified atom stereocenters. The summed E-state index contributed by atoms with van der Waals surface area (Å²) in [4.78, 5) is 28.6. The summed E-state index contributed by atoms with van der Waals surface area (Å²) < 4.78 is 13.2. The minimum absolute atomic E-state index is 0.133. The van der Waals surface area contributed by atoms with E-state index >= 15 is 0 Å². The van der Waals surface area contributed by atoms with Crippen molar-refractivity contribution in [1.29, 1.82) is 0 Å². The number of hydrogen-bond donors (Lipinski definition) is 0. The molecule has 0 N–H and O–H groups in total. The molecule has 3 aromatic rings. The zero-order chi connectivity index (χ0) is 21.3.